The lowest BCUT2D eigenvalue weighted by atomic mass is 10.1. The largest absolute Gasteiger partial charge is 0.497 e. The minimum Gasteiger partial charge on any atom is -0.497 e. The van der Waals surface area contributed by atoms with Gasteiger partial charge in [-0.05, 0) is 43.3 Å². The number of carbonyl (C=O) groups excluding carboxylic acids is 2. The second-order valence-corrected chi connectivity index (χ2v) is 5.28. The molecule has 4 nitrogen and oxygen atoms in total. The summed E-state index contributed by atoms with van der Waals surface area (Å²) in [5.74, 6) is -0.318. The van der Waals surface area contributed by atoms with Crippen LogP contribution in [0.2, 0.25) is 10.0 Å². The van der Waals surface area contributed by atoms with E-state index in [9.17, 15) is 9.59 Å². The Hall–Kier alpha value is -2.04. The number of methoxy groups -OCH3 is 1. The van der Waals surface area contributed by atoms with Crippen LogP contribution in [0.3, 0.4) is 0 Å². The predicted molar refractivity (Wildman–Crippen MR) is 84.4 cm³/mol. The smallest absolute Gasteiger partial charge is 0.343 e. The van der Waals surface area contributed by atoms with Gasteiger partial charge < -0.3 is 9.47 Å². The van der Waals surface area contributed by atoms with Crippen molar-refractivity contribution in [3.05, 3.63) is 57.6 Å². The number of hydrogen-bond acceptors (Lipinski definition) is 4. The molecule has 0 unspecified atom stereocenters. The topological polar surface area (TPSA) is 52.6 Å². The Morgan fingerprint density at radius 2 is 1.68 bits per heavy atom. The maximum Gasteiger partial charge on any atom is 0.343 e. The first kappa shape index (κ1) is 16.3. The van der Waals surface area contributed by atoms with Gasteiger partial charge in [0.1, 0.15) is 5.75 Å². The van der Waals surface area contributed by atoms with Crippen LogP contribution in [0.25, 0.3) is 0 Å². The Morgan fingerprint density at radius 1 is 1.05 bits per heavy atom. The van der Waals surface area contributed by atoms with E-state index in [0.29, 0.717) is 16.3 Å². The van der Waals surface area contributed by atoms with Gasteiger partial charge in [0.2, 0.25) is 0 Å². The summed E-state index contributed by atoms with van der Waals surface area (Å²) < 4.78 is 10.3. The van der Waals surface area contributed by atoms with E-state index in [0.717, 1.165) is 0 Å². The van der Waals surface area contributed by atoms with Gasteiger partial charge in [-0.15, -0.1) is 0 Å². The Labute approximate surface area is 137 Å². The number of halogens is 2. The molecule has 114 valence electrons. The fraction of sp³-hybridized carbons (Fsp3) is 0.125. The quantitative estimate of drug-likeness (QED) is 0.470. The lowest BCUT2D eigenvalue weighted by molar-refractivity contribution is 0.0733. The molecule has 0 spiro atoms. The third-order valence-corrected chi connectivity index (χ3v) is 3.41. The predicted octanol–water partition coefficient (Wildman–Crippen LogP) is 4.42. The summed E-state index contributed by atoms with van der Waals surface area (Å²) in [5.41, 5.74) is 0.459. The van der Waals surface area contributed by atoms with Gasteiger partial charge in [-0.25, -0.2) is 4.79 Å². The molecule has 0 bridgehead atoms. The molecule has 0 radical (unpaired) electrons. The van der Waals surface area contributed by atoms with E-state index in [2.05, 4.69) is 0 Å². The van der Waals surface area contributed by atoms with Crippen LogP contribution in [0.1, 0.15) is 27.6 Å². The third-order valence-electron chi connectivity index (χ3n) is 2.91. The second-order valence-electron chi connectivity index (χ2n) is 4.44. The number of ketones is 1. The molecule has 0 saturated carbocycles. The third kappa shape index (κ3) is 3.59. The van der Waals surface area contributed by atoms with E-state index >= 15 is 0 Å². The van der Waals surface area contributed by atoms with Crippen LogP contribution < -0.4 is 9.47 Å². The van der Waals surface area contributed by atoms with Gasteiger partial charge in [-0.2, -0.15) is 0 Å². The highest BCUT2D eigenvalue weighted by atomic mass is 35.5. The minimum atomic E-state index is -0.630. The molecule has 2 rings (SSSR count). The summed E-state index contributed by atoms with van der Waals surface area (Å²) in [6, 6.07) is 9.19. The van der Waals surface area contributed by atoms with Gasteiger partial charge in [0.25, 0.3) is 0 Å². The van der Waals surface area contributed by atoms with Gasteiger partial charge in [-0.1, -0.05) is 23.2 Å². The molecular weight excluding hydrogens is 327 g/mol. The molecule has 0 heterocycles. The summed E-state index contributed by atoms with van der Waals surface area (Å²) in [6.45, 7) is 1.34. The van der Waals surface area contributed by atoms with Crippen LogP contribution in [-0.4, -0.2) is 18.9 Å². The van der Waals surface area contributed by atoms with Crippen LogP contribution in [-0.2, 0) is 0 Å². The van der Waals surface area contributed by atoms with E-state index in [-0.39, 0.29) is 22.1 Å². The second kappa shape index (κ2) is 6.81. The van der Waals surface area contributed by atoms with Gasteiger partial charge in [0.05, 0.1) is 23.3 Å². The lowest BCUT2D eigenvalue weighted by Gasteiger charge is -2.11. The Kier molecular flexibility index (Phi) is 5.06. The number of Topliss-reactive ketones (excluding diaryl/α,β-unsaturated/α-hetero) is 1. The van der Waals surface area contributed by atoms with Crippen molar-refractivity contribution in [3.63, 3.8) is 0 Å². The molecule has 2 aromatic rings. The van der Waals surface area contributed by atoms with E-state index in [1.165, 1.54) is 26.2 Å². The zero-order valence-corrected chi connectivity index (χ0v) is 13.4. The first-order chi connectivity index (χ1) is 10.4. The number of carbonyl (C=O) groups is 2. The van der Waals surface area contributed by atoms with Crippen LogP contribution in [0.4, 0.5) is 0 Å². The lowest BCUT2D eigenvalue weighted by Crippen LogP contribution is -2.11. The molecule has 0 atom stereocenters. The average Bonchev–Trinajstić information content (AvgIpc) is 2.49. The van der Waals surface area contributed by atoms with E-state index in [4.69, 9.17) is 32.7 Å². The molecule has 0 N–H and O–H groups in total. The number of esters is 1. The zero-order chi connectivity index (χ0) is 16.3. The molecule has 0 aliphatic carbocycles. The van der Waals surface area contributed by atoms with Crippen molar-refractivity contribution in [2.24, 2.45) is 0 Å². The van der Waals surface area contributed by atoms with Gasteiger partial charge in [-0.3, -0.25) is 4.79 Å². The fourth-order valence-corrected chi connectivity index (χ4v) is 2.34. The fourth-order valence-electron chi connectivity index (χ4n) is 1.80. The minimum absolute atomic E-state index is 0.000570. The molecular formula is C16H12Cl2O4. The Balaban J connectivity index is 2.33. The number of benzene rings is 2. The maximum absolute atomic E-state index is 12.2. The molecule has 0 aromatic heterocycles. The van der Waals surface area contributed by atoms with E-state index < -0.39 is 5.97 Å². The van der Waals surface area contributed by atoms with Crippen molar-refractivity contribution in [2.75, 3.05) is 7.11 Å². The summed E-state index contributed by atoms with van der Waals surface area (Å²) in [6.07, 6.45) is 0. The SMILES string of the molecule is COc1ccc(C(=O)Oc2c(Cl)cc(Cl)cc2C(C)=O)cc1. The number of ether oxygens (including phenoxy) is 2. The van der Waals surface area contributed by atoms with Crippen molar-refractivity contribution in [1.82, 2.24) is 0 Å². The van der Waals surface area contributed by atoms with Crippen molar-refractivity contribution >= 4 is 35.0 Å². The zero-order valence-electron chi connectivity index (χ0n) is 11.9. The molecule has 0 fully saturated rings. The monoisotopic (exact) mass is 338 g/mol. The van der Waals surface area contributed by atoms with Gasteiger partial charge in [0.15, 0.2) is 11.5 Å². The van der Waals surface area contributed by atoms with Crippen molar-refractivity contribution in [3.8, 4) is 11.5 Å². The highest BCUT2D eigenvalue weighted by molar-refractivity contribution is 6.36. The standard InChI is InChI=1S/C16H12Cl2O4/c1-9(19)13-7-11(17)8-14(18)15(13)22-16(20)10-3-5-12(21-2)6-4-10/h3-8H,1-2H3. The first-order valence-electron chi connectivity index (χ1n) is 6.28. The molecule has 0 saturated heterocycles. The summed E-state index contributed by atoms with van der Waals surface area (Å²) in [5, 5.41) is 0.388. The van der Waals surface area contributed by atoms with Gasteiger partial charge in [0, 0.05) is 5.02 Å². The normalized spacial score (nSPS) is 10.2. The van der Waals surface area contributed by atoms with E-state index in [1.807, 2.05) is 0 Å². The average molecular weight is 339 g/mol. The highest BCUT2D eigenvalue weighted by Gasteiger charge is 2.18. The van der Waals surface area contributed by atoms with Crippen LogP contribution in [0.15, 0.2) is 36.4 Å². The number of rotatable bonds is 4. The number of hydrogen-bond donors (Lipinski definition) is 0. The molecule has 6 heteroatoms. The van der Waals surface area contributed by atoms with E-state index in [1.54, 1.807) is 24.3 Å². The summed E-state index contributed by atoms with van der Waals surface area (Å²) in [4.78, 5) is 23.8. The molecule has 2 aromatic carbocycles. The molecule has 0 amide bonds. The maximum atomic E-state index is 12.2. The van der Waals surface area contributed by atoms with Crippen molar-refractivity contribution in [1.29, 1.82) is 0 Å². The van der Waals surface area contributed by atoms with Crippen molar-refractivity contribution in [2.45, 2.75) is 6.92 Å². The van der Waals surface area contributed by atoms with Crippen LogP contribution in [0, 0.1) is 0 Å². The Morgan fingerprint density at radius 3 is 2.23 bits per heavy atom. The molecule has 0 aliphatic rings. The molecule has 0 aliphatic heterocycles. The van der Waals surface area contributed by atoms with Crippen LogP contribution >= 0.6 is 23.2 Å². The summed E-state index contributed by atoms with van der Waals surface area (Å²) >= 11 is 11.9. The molecule has 22 heavy (non-hydrogen) atoms. The highest BCUT2D eigenvalue weighted by Crippen LogP contribution is 2.33. The van der Waals surface area contributed by atoms with Gasteiger partial charge >= 0.3 is 5.97 Å². The summed E-state index contributed by atoms with van der Waals surface area (Å²) in [7, 11) is 1.53. The Bertz CT molecular complexity index is 724. The van der Waals surface area contributed by atoms with Crippen molar-refractivity contribution < 1.29 is 19.1 Å². The first-order valence-corrected chi connectivity index (χ1v) is 7.04. The van der Waals surface area contributed by atoms with Crippen LogP contribution in [0.5, 0.6) is 11.5 Å².